The highest BCUT2D eigenvalue weighted by Crippen LogP contribution is 2.27. The summed E-state index contributed by atoms with van der Waals surface area (Å²) in [6.45, 7) is 0. The molecule has 1 saturated carbocycles. The topological polar surface area (TPSA) is 36.1 Å². The fraction of sp³-hybridized carbons (Fsp3) is 1.00. The highest BCUT2D eigenvalue weighted by molar-refractivity contribution is 7.98. The van der Waals surface area contributed by atoms with Crippen LogP contribution in [0.1, 0.15) is 25.7 Å². The first kappa shape index (κ1) is 6.91. The molecule has 1 heterocycles. The lowest BCUT2D eigenvalue weighted by molar-refractivity contribution is 0.319. The summed E-state index contributed by atoms with van der Waals surface area (Å²) < 4.78 is 0. The third-order valence-electron chi connectivity index (χ3n) is 2.22. The number of nitrogens with one attached hydrogen (secondary N) is 3. The first-order valence-electron chi connectivity index (χ1n) is 3.88. The first-order chi connectivity index (χ1) is 4.97. The zero-order valence-electron chi connectivity index (χ0n) is 5.89. The van der Waals surface area contributed by atoms with Crippen molar-refractivity contribution in [2.45, 2.75) is 37.0 Å². The van der Waals surface area contributed by atoms with E-state index in [-0.39, 0.29) is 0 Å². The first-order valence-corrected chi connectivity index (χ1v) is 4.76. The van der Waals surface area contributed by atoms with Gasteiger partial charge in [-0.15, -0.1) is 0 Å². The van der Waals surface area contributed by atoms with Gasteiger partial charge in [-0.3, -0.25) is 0 Å². The molecule has 0 aromatic heterocycles. The second kappa shape index (κ2) is 3.09. The van der Waals surface area contributed by atoms with Crippen LogP contribution in [-0.2, 0) is 0 Å². The van der Waals surface area contributed by atoms with Crippen molar-refractivity contribution in [3.63, 3.8) is 0 Å². The third-order valence-corrected chi connectivity index (χ3v) is 3.31. The van der Waals surface area contributed by atoms with Crippen LogP contribution in [0.3, 0.4) is 0 Å². The van der Waals surface area contributed by atoms with Crippen molar-refractivity contribution in [2.75, 3.05) is 0 Å². The minimum atomic E-state index is 0.694. The zero-order valence-corrected chi connectivity index (χ0v) is 6.71. The highest BCUT2D eigenvalue weighted by Gasteiger charge is 2.27. The standard InChI is InChI=1S/C6H13N3S/c1-2-4-6-5(3-1)7-8-9-10-6/h5-9H,1-4H2. The Kier molecular flexibility index (Phi) is 2.13. The van der Waals surface area contributed by atoms with Gasteiger partial charge in [-0.25, -0.2) is 5.43 Å². The molecule has 0 amide bonds. The Morgan fingerprint density at radius 2 is 2.10 bits per heavy atom. The summed E-state index contributed by atoms with van der Waals surface area (Å²) in [4.78, 5) is 3.04. The number of hydrogen-bond acceptors (Lipinski definition) is 4. The van der Waals surface area contributed by atoms with E-state index in [0.29, 0.717) is 6.04 Å². The second-order valence-corrected chi connectivity index (χ2v) is 3.96. The third kappa shape index (κ3) is 1.29. The molecular formula is C6H13N3S. The highest BCUT2D eigenvalue weighted by atomic mass is 32.2. The summed E-state index contributed by atoms with van der Waals surface area (Å²) in [5, 5.41) is 0.787. The summed E-state index contributed by atoms with van der Waals surface area (Å²) in [6, 6.07) is 0.694. The van der Waals surface area contributed by atoms with Crippen LogP contribution in [0.15, 0.2) is 0 Å². The van der Waals surface area contributed by atoms with Gasteiger partial charge in [-0.1, -0.05) is 24.8 Å². The van der Waals surface area contributed by atoms with E-state index >= 15 is 0 Å². The molecule has 1 aliphatic carbocycles. The van der Waals surface area contributed by atoms with Crippen LogP contribution in [-0.4, -0.2) is 11.3 Å². The average Bonchev–Trinajstić information content (AvgIpc) is 2.05. The quantitative estimate of drug-likeness (QED) is 0.451. The van der Waals surface area contributed by atoms with E-state index in [4.69, 9.17) is 0 Å². The van der Waals surface area contributed by atoms with Gasteiger partial charge in [0.25, 0.3) is 0 Å². The van der Waals surface area contributed by atoms with Gasteiger partial charge in [0.1, 0.15) is 0 Å². The van der Waals surface area contributed by atoms with Gasteiger partial charge < -0.3 is 0 Å². The van der Waals surface area contributed by atoms with Crippen molar-refractivity contribution in [1.29, 1.82) is 0 Å². The van der Waals surface area contributed by atoms with Crippen molar-refractivity contribution in [3.05, 3.63) is 0 Å². The van der Waals surface area contributed by atoms with E-state index in [2.05, 4.69) is 15.8 Å². The fourth-order valence-corrected chi connectivity index (χ4v) is 2.55. The van der Waals surface area contributed by atoms with E-state index < -0.39 is 0 Å². The minimum Gasteiger partial charge on any atom is -0.239 e. The molecule has 58 valence electrons. The van der Waals surface area contributed by atoms with Gasteiger partial charge in [0.2, 0.25) is 0 Å². The summed E-state index contributed by atoms with van der Waals surface area (Å²) in [6.07, 6.45) is 5.47. The van der Waals surface area contributed by atoms with Gasteiger partial charge in [0.15, 0.2) is 0 Å². The molecule has 1 saturated heterocycles. The maximum Gasteiger partial charge on any atom is 0.0373 e. The second-order valence-electron chi connectivity index (χ2n) is 2.92. The van der Waals surface area contributed by atoms with E-state index in [1.54, 1.807) is 0 Å². The molecule has 4 heteroatoms. The van der Waals surface area contributed by atoms with Crippen LogP contribution < -0.4 is 15.8 Å². The van der Waals surface area contributed by atoms with Gasteiger partial charge in [-0.2, -0.15) is 10.4 Å². The van der Waals surface area contributed by atoms with Gasteiger partial charge in [0, 0.05) is 11.3 Å². The maximum atomic E-state index is 3.24. The average molecular weight is 159 g/mol. The van der Waals surface area contributed by atoms with Crippen molar-refractivity contribution < 1.29 is 0 Å². The minimum absolute atomic E-state index is 0.694. The van der Waals surface area contributed by atoms with Crippen LogP contribution >= 0.6 is 11.9 Å². The molecule has 2 aliphatic rings. The molecule has 2 rings (SSSR count). The summed E-state index contributed by atoms with van der Waals surface area (Å²) in [5.74, 6) is 0. The maximum absolute atomic E-state index is 3.24. The Hall–Kier alpha value is 0.230. The molecule has 2 fully saturated rings. The van der Waals surface area contributed by atoms with Gasteiger partial charge >= 0.3 is 0 Å². The predicted octanol–water partition coefficient (Wildman–Crippen LogP) is 0.558. The SMILES string of the molecule is C1CCC2SNNNC2C1. The molecule has 0 bridgehead atoms. The molecule has 1 aliphatic heterocycles. The summed E-state index contributed by atoms with van der Waals surface area (Å²) >= 11 is 1.82. The molecule has 3 nitrogen and oxygen atoms in total. The van der Waals surface area contributed by atoms with Crippen LogP contribution in [0.2, 0.25) is 0 Å². The van der Waals surface area contributed by atoms with Gasteiger partial charge in [0.05, 0.1) is 0 Å². The van der Waals surface area contributed by atoms with Crippen molar-refractivity contribution >= 4 is 11.9 Å². The predicted molar refractivity (Wildman–Crippen MR) is 43.0 cm³/mol. The van der Waals surface area contributed by atoms with E-state index in [9.17, 15) is 0 Å². The molecule has 0 spiro atoms. The number of hydrogen-bond donors (Lipinski definition) is 3. The molecule has 2 unspecified atom stereocenters. The van der Waals surface area contributed by atoms with E-state index in [1.807, 2.05) is 11.9 Å². The molecule has 10 heavy (non-hydrogen) atoms. The largest absolute Gasteiger partial charge is 0.239 e. The van der Waals surface area contributed by atoms with Crippen molar-refractivity contribution in [3.8, 4) is 0 Å². The van der Waals surface area contributed by atoms with Crippen LogP contribution in [0.25, 0.3) is 0 Å². The monoisotopic (exact) mass is 159 g/mol. The number of rotatable bonds is 0. The van der Waals surface area contributed by atoms with Crippen LogP contribution in [0.4, 0.5) is 0 Å². The summed E-state index contributed by atoms with van der Waals surface area (Å²) in [7, 11) is 0. The van der Waals surface area contributed by atoms with Crippen molar-refractivity contribution in [1.82, 2.24) is 15.8 Å². The Balaban J connectivity index is 1.93. The fourth-order valence-electron chi connectivity index (χ4n) is 1.63. The van der Waals surface area contributed by atoms with Crippen LogP contribution in [0, 0.1) is 0 Å². The Morgan fingerprint density at radius 3 is 3.00 bits per heavy atom. The lowest BCUT2D eigenvalue weighted by atomic mass is 9.95. The Labute approximate surface area is 65.4 Å². The number of fused-ring (bicyclic) bond motifs is 1. The molecule has 0 aromatic rings. The van der Waals surface area contributed by atoms with E-state index in [1.165, 1.54) is 25.7 Å². The molecule has 0 aromatic carbocycles. The molecular weight excluding hydrogens is 146 g/mol. The summed E-state index contributed by atoms with van der Waals surface area (Å²) in [5.41, 5.74) is 6.19. The Morgan fingerprint density at radius 1 is 1.20 bits per heavy atom. The van der Waals surface area contributed by atoms with Gasteiger partial charge in [-0.05, 0) is 12.8 Å². The normalized spacial score (nSPS) is 40.8. The smallest absolute Gasteiger partial charge is 0.0373 e. The zero-order chi connectivity index (χ0) is 6.81. The van der Waals surface area contributed by atoms with Crippen molar-refractivity contribution in [2.24, 2.45) is 0 Å². The number of hydrazine groups is 2. The molecule has 2 atom stereocenters. The molecule has 3 N–H and O–H groups in total. The van der Waals surface area contributed by atoms with Crippen LogP contribution in [0.5, 0.6) is 0 Å². The Bertz CT molecular complexity index is 93.6. The lowest BCUT2D eigenvalue weighted by Gasteiger charge is -2.35. The van der Waals surface area contributed by atoms with E-state index in [0.717, 1.165) is 5.25 Å². The molecule has 0 radical (unpaired) electrons. The lowest BCUT2D eigenvalue weighted by Crippen LogP contribution is -2.57.